The van der Waals surface area contributed by atoms with Gasteiger partial charge in [0.05, 0.1) is 11.7 Å². The van der Waals surface area contributed by atoms with E-state index in [0.29, 0.717) is 30.5 Å². The number of alkyl carbamates (subject to hydrolysis) is 1. The Morgan fingerprint density at radius 3 is 2.68 bits per heavy atom. The monoisotopic (exact) mass is 307 g/mol. The maximum Gasteiger partial charge on any atom is 0.407 e. The van der Waals surface area contributed by atoms with E-state index in [9.17, 15) is 4.79 Å². The van der Waals surface area contributed by atoms with Gasteiger partial charge in [0.25, 0.3) is 0 Å². The molecule has 0 radical (unpaired) electrons. The average molecular weight is 307 g/mol. The smallest absolute Gasteiger partial charge is 0.407 e. The quantitative estimate of drug-likeness (QED) is 0.721. The highest BCUT2D eigenvalue weighted by molar-refractivity contribution is 5.71. The number of nitrogens with one attached hydrogen (secondary N) is 3. The first-order valence-electron chi connectivity index (χ1n) is 8.86. The first-order chi connectivity index (χ1) is 10.7. The summed E-state index contributed by atoms with van der Waals surface area (Å²) in [6.07, 6.45) is 8.80. The van der Waals surface area contributed by atoms with Gasteiger partial charge in [0.2, 0.25) is 0 Å². The van der Waals surface area contributed by atoms with Gasteiger partial charge in [-0.25, -0.2) is 4.79 Å². The van der Waals surface area contributed by atoms with Crippen LogP contribution >= 0.6 is 0 Å². The van der Waals surface area contributed by atoms with Crippen molar-refractivity contribution in [3.05, 3.63) is 0 Å². The molecule has 122 valence electrons. The van der Waals surface area contributed by atoms with E-state index in [1.165, 1.54) is 38.5 Å². The first-order valence-corrected chi connectivity index (χ1v) is 8.86. The van der Waals surface area contributed by atoms with E-state index in [2.05, 4.69) is 16.1 Å². The minimum absolute atomic E-state index is 0.0592. The lowest BCUT2D eigenvalue weighted by molar-refractivity contribution is 0.00290. The normalized spacial score (nSPS) is 50.9. The van der Waals surface area contributed by atoms with Crippen molar-refractivity contribution in [2.24, 2.45) is 23.7 Å². The molecule has 5 rings (SSSR count). The van der Waals surface area contributed by atoms with E-state index >= 15 is 0 Å². The molecule has 2 saturated heterocycles. The van der Waals surface area contributed by atoms with Gasteiger partial charge in [0, 0.05) is 5.92 Å². The summed E-state index contributed by atoms with van der Waals surface area (Å²) in [5.41, 5.74) is 3.18. The van der Waals surface area contributed by atoms with Crippen LogP contribution < -0.4 is 16.1 Å². The highest BCUT2D eigenvalue weighted by Gasteiger charge is 2.55. The number of carbonyl (C=O) groups is 1. The number of ether oxygens (including phenoxy) is 1. The number of hydroxylamine groups is 1. The van der Waals surface area contributed by atoms with Gasteiger partial charge in [-0.1, -0.05) is 0 Å². The molecule has 3 aliphatic carbocycles. The predicted molar refractivity (Wildman–Crippen MR) is 78.4 cm³/mol. The second-order valence-corrected chi connectivity index (χ2v) is 7.97. The molecule has 0 aromatic carbocycles. The zero-order valence-electron chi connectivity index (χ0n) is 12.8. The van der Waals surface area contributed by atoms with Crippen LogP contribution in [-0.2, 0) is 9.57 Å². The number of carbonyl (C=O) groups excluding carboxylic acids is 1. The number of hydrogen-bond donors (Lipinski definition) is 3. The number of cyclic esters (lactones) is 1. The first kappa shape index (κ1) is 13.6. The van der Waals surface area contributed by atoms with Gasteiger partial charge in [0.1, 0.15) is 12.8 Å². The Labute approximate surface area is 130 Å². The van der Waals surface area contributed by atoms with Crippen molar-refractivity contribution >= 4 is 6.09 Å². The molecule has 0 aromatic rings. The minimum Gasteiger partial charge on any atom is -0.447 e. The van der Waals surface area contributed by atoms with E-state index in [-0.39, 0.29) is 17.9 Å². The third-order valence-electron chi connectivity index (χ3n) is 6.69. The van der Waals surface area contributed by atoms with Crippen LogP contribution in [0.25, 0.3) is 0 Å². The number of amides is 1. The molecule has 0 bridgehead atoms. The van der Waals surface area contributed by atoms with Crippen molar-refractivity contribution in [2.45, 2.75) is 62.9 Å². The Balaban J connectivity index is 1.24. The zero-order chi connectivity index (χ0) is 14.7. The van der Waals surface area contributed by atoms with Crippen LogP contribution in [0.3, 0.4) is 0 Å². The molecule has 2 heterocycles. The SMILES string of the molecule is O=C1N[C@]2(CCC3CC(C4NOC(C5CC5)N4)CCC32)CO1. The second kappa shape index (κ2) is 4.82. The summed E-state index contributed by atoms with van der Waals surface area (Å²) in [6, 6.07) is 0. The third-order valence-corrected chi connectivity index (χ3v) is 6.69. The zero-order valence-corrected chi connectivity index (χ0v) is 12.8. The number of hydrogen-bond acceptors (Lipinski definition) is 5. The number of rotatable bonds is 2. The lowest BCUT2D eigenvalue weighted by Gasteiger charge is -2.39. The Hall–Kier alpha value is -0.850. The lowest BCUT2D eigenvalue weighted by atomic mass is 9.70. The van der Waals surface area contributed by atoms with Crippen LogP contribution in [0, 0.1) is 23.7 Å². The van der Waals surface area contributed by atoms with Crippen molar-refractivity contribution in [1.29, 1.82) is 0 Å². The van der Waals surface area contributed by atoms with E-state index < -0.39 is 0 Å². The molecular weight excluding hydrogens is 282 g/mol. The largest absolute Gasteiger partial charge is 0.447 e. The summed E-state index contributed by atoms with van der Waals surface area (Å²) >= 11 is 0. The van der Waals surface area contributed by atoms with Crippen LogP contribution in [-0.4, -0.2) is 30.6 Å². The second-order valence-electron chi connectivity index (χ2n) is 7.97. The molecule has 22 heavy (non-hydrogen) atoms. The fourth-order valence-electron chi connectivity index (χ4n) is 5.34. The predicted octanol–water partition coefficient (Wildman–Crippen LogP) is 1.48. The topological polar surface area (TPSA) is 71.6 Å². The lowest BCUT2D eigenvalue weighted by Crippen LogP contribution is -2.51. The van der Waals surface area contributed by atoms with Crippen molar-refractivity contribution in [2.75, 3.05) is 6.61 Å². The summed E-state index contributed by atoms with van der Waals surface area (Å²) in [5.74, 6) is 2.66. The van der Waals surface area contributed by atoms with Crippen molar-refractivity contribution in [3.63, 3.8) is 0 Å². The Morgan fingerprint density at radius 1 is 1.05 bits per heavy atom. The molecule has 2 aliphatic heterocycles. The molecule has 1 amide bonds. The van der Waals surface area contributed by atoms with Gasteiger partial charge >= 0.3 is 6.09 Å². The fourth-order valence-corrected chi connectivity index (χ4v) is 5.34. The Kier molecular flexibility index (Phi) is 2.98. The molecule has 5 fully saturated rings. The molecule has 3 saturated carbocycles. The van der Waals surface area contributed by atoms with Crippen molar-refractivity contribution < 1.29 is 14.4 Å². The minimum atomic E-state index is -0.220. The van der Waals surface area contributed by atoms with E-state index in [4.69, 9.17) is 9.57 Å². The standard InChI is InChI=1S/C16H25N3O3/c20-15-18-16(8-21-15)6-5-10-7-11(3-4-12(10)16)13-17-14(22-19-13)9-1-2-9/h9-14,17,19H,1-8H2,(H,18,20)/t10?,11?,12?,13?,14?,16-/m1/s1. The highest BCUT2D eigenvalue weighted by Crippen LogP contribution is 2.51. The average Bonchev–Trinajstić information content (AvgIpc) is 3.00. The van der Waals surface area contributed by atoms with Crippen LogP contribution in [0.2, 0.25) is 0 Å². The molecule has 1 spiro atoms. The molecule has 6 heteroatoms. The molecule has 6 atom stereocenters. The van der Waals surface area contributed by atoms with Gasteiger partial charge in [-0.2, -0.15) is 5.48 Å². The molecular formula is C16H25N3O3. The Morgan fingerprint density at radius 2 is 1.91 bits per heavy atom. The summed E-state index contributed by atoms with van der Waals surface area (Å²) in [6.45, 7) is 0.574. The summed E-state index contributed by atoms with van der Waals surface area (Å²) < 4.78 is 5.22. The van der Waals surface area contributed by atoms with Gasteiger partial charge in [-0.05, 0) is 62.7 Å². The maximum atomic E-state index is 11.5. The van der Waals surface area contributed by atoms with E-state index in [1.54, 1.807) is 0 Å². The van der Waals surface area contributed by atoms with E-state index in [0.717, 1.165) is 12.3 Å². The van der Waals surface area contributed by atoms with Gasteiger partial charge < -0.3 is 10.1 Å². The third kappa shape index (κ3) is 2.07. The summed E-state index contributed by atoms with van der Waals surface area (Å²) in [5, 5.41) is 6.77. The summed E-state index contributed by atoms with van der Waals surface area (Å²) in [4.78, 5) is 17.2. The highest BCUT2D eigenvalue weighted by atomic mass is 16.7. The number of fused-ring (bicyclic) bond motifs is 2. The van der Waals surface area contributed by atoms with Crippen LogP contribution in [0.5, 0.6) is 0 Å². The van der Waals surface area contributed by atoms with Gasteiger partial charge in [0.15, 0.2) is 0 Å². The van der Waals surface area contributed by atoms with Crippen LogP contribution in [0.1, 0.15) is 44.9 Å². The van der Waals surface area contributed by atoms with Gasteiger partial charge in [-0.15, -0.1) is 0 Å². The molecule has 5 aliphatic rings. The van der Waals surface area contributed by atoms with Crippen molar-refractivity contribution in [1.82, 2.24) is 16.1 Å². The summed E-state index contributed by atoms with van der Waals surface area (Å²) in [7, 11) is 0. The molecule has 3 N–H and O–H groups in total. The van der Waals surface area contributed by atoms with E-state index in [1.807, 2.05) is 0 Å². The van der Waals surface area contributed by atoms with Crippen LogP contribution in [0.15, 0.2) is 0 Å². The fraction of sp³-hybridized carbons (Fsp3) is 0.938. The van der Waals surface area contributed by atoms with Crippen molar-refractivity contribution in [3.8, 4) is 0 Å². The Bertz CT molecular complexity index is 483. The molecule has 6 nitrogen and oxygen atoms in total. The molecule has 0 aromatic heterocycles. The van der Waals surface area contributed by atoms with Crippen LogP contribution in [0.4, 0.5) is 4.79 Å². The molecule has 5 unspecified atom stereocenters. The maximum absolute atomic E-state index is 11.5. The van der Waals surface area contributed by atoms with Gasteiger partial charge in [-0.3, -0.25) is 10.2 Å².